The van der Waals surface area contributed by atoms with Crippen LogP contribution in [0, 0.1) is 0 Å². The molecule has 0 saturated heterocycles. The Hall–Kier alpha value is -2.04. The Bertz CT molecular complexity index is 479. The lowest BCUT2D eigenvalue weighted by molar-refractivity contribution is -0.129. The summed E-state index contributed by atoms with van der Waals surface area (Å²) in [6.07, 6.45) is 4.27. The van der Waals surface area contributed by atoms with Gasteiger partial charge in [0.15, 0.2) is 0 Å². The van der Waals surface area contributed by atoms with Gasteiger partial charge < -0.3 is 15.4 Å². The lowest BCUT2D eigenvalue weighted by atomic mass is 10.2. The zero-order chi connectivity index (χ0) is 15.1. The van der Waals surface area contributed by atoms with Crippen LogP contribution in [0.15, 0.2) is 24.3 Å². The van der Waals surface area contributed by atoms with E-state index in [0.29, 0.717) is 6.54 Å². The molecule has 0 aromatic heterocycles. The predicted molar refractivity (Wildman–Crippen MR) is 79.9 cm³/mol. The number of rotatable bonds is 6. The van der Waals surface area contributed by atoms with Crippen LogP contribution in [-0.4, -0.2) is 25.0 Å². The van der Waals surface area contributed by atoms with E-state index in [1.165, 1.54) is 0 Å². The van der Waals surface area contributed by atoms with E-state index in [1.54, 1.807) is 7.11 Å². The molecule has 1 fully saturated rings. The van der Waals surface area contributed by atoms with Gasteiger partial charge in [-0.25, -0.2) is 0 Å². The van der Waals surface area contributed by atoms with Crippen molar-refractivity contribution in [1.29, 1.82) is 0 Å². The van der Waals surface area contributed by atoms with E-state index >= 15 is 0 Å². The highest BCUT2D eigenvalue weighted by Gasteiger charge is 2.18. The van der Waals surface area contributed by atoms with Crippen LogP contribution in [0.4, 0.5) is 0 Å². The molecule has 0 spiro atoms. The second kappa shape index (κ2) is 7.67. The summed E-state index contributed by atoms with van der Waals surface area (Å²) in [5.41, 5.74) is 0.973. The summed E-state index contributed by atoms with van der Waals surface area (Å²) in [4.78, 5) is 23.4. The monoisotopic (exact) mass is 290 g/mol. The highest BCUT2D eigenvalue weighted by molar-refractivity contribution is 5.96. The Balaban J connectivity index is 1.69. The van der Waals surface area contributed by atoms with E-state index in [-0.39, 0.29) is 24.3 Å². The topological polar surface area (TPSA) is 67.4 Å². The molecule has 0 bridgehead atoms. The van der Waals surface area contributed by atoms with Gasteiger partial charge in [-0.1, -0.05) is 25.0 Å². The van der Waals surface area contributed by atoms with Crippen LogP contribution < -0.4 is 15.4 Å². The molecule has 2 amide bonds. The van der Waals surface area contributed by atoms with Crippen molar-refractivity contribution in [2.45, 2.75) is 44.7 Å². The second-order valence-electron chi connectivity index (χ2n) is 5.35. The molecule has 21 heavy (non-hydrogen) atoms. The molecule has 2 N–H and O–H groups in total. The molecule has 5 nitrogen and oxygen atoms in total. The molecule has 0 atom stereocenters. The molecule has 1 aliphatic rings. The second-order valence-corrected chi connectivity index (χ2v) is 5.35. The number of carbonyl (C=O) groups is 2. The van der Waals surface area contributed by atoms with Gasteiger partial charge in [0.2, 0.25) is 11.8 Å². The predicted octanol–water partition coefficient (Wildman–Crippen LogP) is 1.76. The first-order valence-corrected chi connectivity index (χ1v) is 7.36. The van der Waals surface area contributed by atoms with Gasteiger partial charge in [0.1, 0.15) is 12.2 Å². The summed E-state index contributed by atoms with van der Waals surface area (Å²) in [6.45, 7) is 0.416. The number of amides is 2. The molecular weight excluding hydrogens is 268 g/mol. The SMILES string of the molecule is COc1ccc(CNC(=O)CC(=O)NC2CCCC2)cc1. The van der Waals surface area contributed by atoms with Crippen LogP contribution in [0.25, 0.3) is 0 Å². The third-order valence-corrected chi connectivity index (χ3v) is 3.69. The molecule has 1 aromatic carbocycles. The normalized spacial score (nSPS) is 14.7. The van der Waals surface area contributed by atoms with E-state index in [0.717, 1.165) is 37.0 Å². The van der Waals surface area contributed by atoms with E-state index in [1.807, 2.05) is 24.3 Å². The third kappa shape index (κ3) is 5.10. The molecule has 1 saturated carbocycles. The quantitative estimate of drug-likeness (QED) is 0.785. The van der Waals surface area contributed by atoms with Crippen LogP contribution in [-0.2, 0) is 16.1 Å². The van der Waals surface area contributed by atoms with Crippen molar-refractivity contribution in [3.63, 3.8) is 0 Å². The third-order valence-electron chi connectivity index (χ3n) is 3.69. The van der Waals surface area contributed by atoms with E-state index in [4.69, 9.17) is 4.74 Å². The van der Waals surface area contributed by atoms with Crippen molar-refractivity contribution >= 4 is 11.8 Å². The minimum Gasteiger partial charge on any atom is -0.497 e. The molecule has 1 aromatic rings. The molecule has 1 aliphatic carbocycles. The fraction of sp³-hybridized carbons (Fsp3) is 0.500. The van der Waals surface area contributed by atoms with Gasteiger partial charge in [-0.3, -0.25) is 9.59 Å². The van der Waals surface area contributed by atoms with Crippen molar-refractivity contribution in [3.05, 3.63) is 29.8 Å². The maximum absolute atomic E-state index is 11.7. The largest absolute Gasteiger partial charge is 0.497 e. The van der Waals surface area contributed by atoms with Crippen LogP contribution in [0.5, 0.6) is 5.75 Å². The molecule has 0 unspecified atom stereocenters. The Kier molecular flexibility index (Phi) is 5.60. The Morgan fingerprint density at radius 1 is 1.14 bits per heavy atom. The highest BCUT2D eigenvalue weighted by Crippen LogP contribution is 2.17. The van der Waals surface area contributed by atoms with E-state index < -0.39 is 0 Å². The molecule has 114 valence electrons. The first-order valence-electron chi connectivity index (χ1n) is 7.36. The van der Waals surface area contributed by atoms with Crippen molar-refractivity contribution in [1.82, 2.24) is 10.6 Å². The van der Waals surface area contributed by atoms with Crippen LogP contribution in [0.1, 0.15) is 37.7 Å². The molecule has 0 heterocycles. The van der Waals surface area contributed by atoms with E-state index in [2.05, 4.69) is 10.6 Å². The van der Waals surface area contributed by atoms with Crippen molar-refractivity contribution in [3.8, 4) is 5.75 Å². The van der Waals surface area contributed by atoms with Gasteiger partial charge in [0.05, 0.1) is 7.11 Å². The van der Waals surface area contributed by atoms with Gasteiger partial charge in [0, 0.05) is 12.6 Å². The first kappa shape index (κ1) is 15.4. The average Bonchev–Trinajstić information content (AvgIpc) is 2.98. The summed E-state index contributed by atoms with van der Waals surface area (Å²) >= 11 is 0. The fourth-order valence-corrected chi connectivity index (χ4v) is 2.50. The fourth-order valence-electron chi connectivity index (χ4n) is 2.50. The highest BCUT2D eigenvalue weighted by atomic mass is 16.5. The van der Waals surface area contributed by atoms with Gasteiger partial charge >= 0.3 is 0 Å². The maximum Gasteiger partial charge on any atom is 0.229 e. The van der Waals surface area contributed by atoms with E-state index in [9.17, 15) is 9.59 Å². The van der Waals surface area contributed by atoms with Gasteiger partial charge in [-0.2, -0.15) is 0 Å². The zero-order valence-electron chi connectivity index (χ0n) is 12.4. The van der Waals surface area contributed by atoms with Crippen molar-refractivity contribution in [2.75, 3.05) is 7.11 Å². The number of ether oxygens (including phenoxy) is 1. The summed E-state index contributed by atoms with van der Waals surface area (Å²) in [5, 5.41) is 5.66. The van der Waals surface area contributed by atoms with Gasteiger partial charge in [-0.05, 0) is 30.5 Å². The standard InChI is InChI=1S/C16H22N2O3/c1-21-14-8-6-12(7-9-14)11-17-15(19)10-16(20)18-13-4-2-3-5-13/h6-9,13H,2-5,10-11H2,1H3,(H,17,19)(H,18,20). The lowest BCUT2D eigenvalue weighted by Crippen LogP contribution is -2.36. The van der Waals surface area contributed by atoms with Crippen molar-refractivity contribution < 1.29 is 14.3 Å². The Morgan fingerprint density at radius 2 is 1.81 bits per heavy atom. The number of carbonyl (C=O) groups excluding carboxylic acids is 2. The van der Waals surface area contributed by atoms with Gasteiger partial charge in [-0.15, -0.1) is 0 Å². The van der Waals surface area contributed by atoms with Gasteiger partial charge in [0.25, 0.3) is 0 Å². The zero-order valence-corrected chi connectivity index (χ0v) is 12.4. The number of hydrogen-bond acceptors (Lipinski definition) is 3. The average molecular weight is 290 g/mol. The van der Waals surface area contributed by atoms with Crippen LogP contribution in [0.2, 0.25) is 0 Å². The summed E-state index contributed by atoms with van der Waals surface area (Å²) in [7, 11) is 1.61. The number of nitrogens with one attached hydrogen (secondary N) is 2. The number of hydrogen-bond donors (Lipinski definition) is 2. The number of benzene rings is 1. The number of methoxy groups -OCH3 is 1. The van der Waals surface area contributed by atoms with Crippen LogP contribution in [0.3, 0.4) is 0 Å². The minimum atomic E-state index is -0.249. The Morgan fingerprint density at radius 3 is 2.43 bits per heavy atom. The van der Waals surface area contributed by atoms with Crippen LogP contribution >= 0.6 is 0 Å². The lowest BCUT2D eigenvalue weighted by Gasteiger charge is -2.11. The Labute approximate surface area is 125 Å². The smallest absolute Gasteiger partial charge is 0.229 e. The molecule has 5 heteroatoms. The maximum atomic E-state index is 11.7. The minimum absolute atomic E-state index is 0.105. The molecule has 2 rings (SSSR count). The molecular formula is C16H22N2O3. The summed E-state index contributed by atoms with van der Waals surface area (Å²) in [6, 6.07) is 7.71. The molecule has 0 aliphatic heterocycles. The first-order chi connectivity index (χ1) is 10.2. The van der Waals surface area contributed by atoms with Crippen molar-refractivity contribution in [2.24, 2.45) is 0 Å². The molecule has 0 radical (unpaired) electrons. The summed E-state index contributed by atoms with van der Waals surface area (Å²) < 4.78 is 5.07. The summed E-state index contributed by atoms with van der Waals surface area (Å²) in [5.74, 6) is 0.344.